The van der Waals surface area contributed by atoms with E-state index in [4.69, 9.17) is 4.74 Å². The molecular formula is C19H22N2O3. The summed E-state index contributed by atoms with van der Waals surface area (Å²) in [7, 11) is 0. The lowest BCUT2D eigenvalue weighted by Gasteiger charge is -2.28. The molecule has 3 N–H and O–H groups in total. The highest BCUT2D eigenvalue weighted by Crippen LogP contribution is 2.22. The Morgan fingerprint density at radius 1 is 1.08 bits per heavy atom. The minimum absolute atomic E-state index is 0.191. The maximum absolute atomic E-state index is 11.6. The fourth-order valence-electron chi connectivity index (χ4n) is 1.98. The number of nitrogens with one attached hydrogen (secondary N) is 2. The number of benzene rings is 2. The van der Waals surface area contributed by atoms with Gasteiger partial charge in [-0.15, -0.1) is 0 Å². The summed E-state index contributed by atoms with van der Waals surface area (Å²) in [5.74, 6) is -2.42. The Labute approximate surface area is 142 Å². The average molecular weight is 326 g/mol. The summed E-state index contributed by atoms with van der Waals surface area (Å²) >= 11 is 0. The van der Waals surface area contributed by atoms with Crippen LogP contribution in [0, 0.1) is 0 Å². The fourth-order valence-corrected chi connectivity index (χ4v) is 1.98. The largest absolute Gasteiger partial charge is 0.411 e. The van der Waals surface area contributed by atoms with E-state index in [1.807, 2.05) is 42.5 Å². The van der Waals surface area contributed by atoms with Crippen LogP contribution >= 0.6 is 0 Å². The molecule has 0 fully saturated rings. The molecule has 0 aliphatic heterocycles. The van der Waals surface area contributed by atoms with Gasteiger partial charge in [0.2, 0.25) is 0 Å². The van der Waals surface area contributed by atoms with Crippen LogP contribution in [-0.2, 0) is 9.53 Å². The van der Waals surface area contributed by atoms with Crippen LogP contribution in [0.2, 0.25) is 0 Å². The molecule has 2 rings (SSSR count). The summed E-state index contributed by atoms with van der Waals surface area (Å²) in [6.07, 6.45) is 0.191. The Morgan fingerprint density at radius 3 is 2.17 bits per heavy atom. The Morgan fingerprint density at radius 2 is 1.62 bits per heavy atom. The van der Waals surface area contributed by atoms with E-state index in [0.717, 1.165) is 11.4 Å². The monoisotopic (exact) mass is 326 g/mol. The van der Waals surface area contributed by atoms with Crippen LogP contribution in [0.25, 0.3) is 0 Å². The van der Waals surface area contributed by atoms with Crippen molar-refractivity contribution in [2.24, 2.45) is 0 Å². The quantitative estimate of drug-likeness (QED) is 0.407. The third-order valence-electron chi connectivity index (χ3n) is 3.38. The van der Waals surface area contributed by atoms with Crippen molar-refractivity contribution in [3.8, 4) is 0 Å². The van der Waals surface area contributed by atoms with Gasteiger partial charge >= 0.3 is 5.97 Å². The molecule has 0 radical (unpaired) electrons. The standard InChI is InChI=1S/C19H22N2O3/c1-4-19(23,24-18(22)14(2)3)21-17-12-10-16(11-13-17)20-15-8-6-5-7-9-15/h5-13,20-21,23H,2,4H2,1,3H3. The summed E-state index contributed by atoms with van der Waals surface area (Å²) in [6, 6.07) is 17.1. The maximum atomic E-state index is 11.6. The number of hydrogen-bond donors (Lipinski definition) is 3. The van der Waals surface area contributed by atoms with Gasteiger partial charge in [0.1, 0.15) is 0 Å². The molecule has 1 unspecified atom stereocenters. The lowest BCUT2D eigenvalue weighted by atomic mass is 10.2. The smallest absolute Gasteiger partial charge is 0.336 e. The number of anilines is 3. The van der Waals surface area contributed by atoms with Crippen LogP contribution in [-0.4, -0.2) is 17.0 Å². The van der Waals surface area contributed by atoms with Crippen molar-refractivity contribution in [3.05, 3.63) is 66.7 Å². The highest BCUT2D eigenvalue weighted by molar-refractivity contribution is 5.87. The highest BCUT2D eigenvalue weighted by atomic mass is 16.7. The van der Waals surface area contributed by atoms with Gasteiger partial charge in [0.05, 0.1) is 0 Å². The van der Waals surface area contributed by atoms with Gasteiger partial charge in [0.15, 0.2) is 0 Å². The third kappa shape index (κ3) is 4.86. The number of aliphatic hydroxyl groups is 1. The topological polar surface area (TPSA) is 70.6 Å². The number of carbonyl (C=O) groups is 1. The molecule has 2 aromatic rings. The first-order chi connectivity index (χ1) is 11.4. The van der Waals surface area contributed by atoms with E-state index in [-0.39, 0.29) is 12.0 Å². The highest BCUT2D eigenvalue weighted by Gasteiger charge is 2.29. The van der Waals surface area contributed by atoms with E-state index in [0.29, 0.717) is 5.69 Å². The molecule has 0 bridgehead atoms. The zero-order chi connectivity index (χ0) is 17.6. The summed E-state index contributed by atoms with van der Waals surface area (Å²) in [6.45, 7) is 6.75. The molecule has 2 aromatic carbocycles. The van der Waals surface area contributed by atoms with Gasteiger partial charge in [0.25, 0.3) is 5.91 Å². The Kier molecular flexibility index (Phi) is 5.60. The zero-order valence-corrected chi connectivity index (χ0v) is 13.9. The first-order valence-electron chi connectivity index (χ1n) is 7.73. The predicted molar refractivity (Wildman–Crippen MR) is 95.9 cm³/mol. The van der Waals surface area contributed by atoms with Crippen LogP contribution in [0.1, 0.15) is 20.3 Å². The molecule has 0 amide bonds. The van der Waals surface area contributed by atoms with Crippen LogP contribution in [0.5, 0.6) is 0 Å². The summed E-state index contributed by atoms with van der Waals surface area (Å²) in [5.41, 5.74) is 2.75. The lowest BCUT2D eigenvalue weighted by molar-refractivity contribution is -0.194. The minimum atomic E-state index is -1.77. The molecule has 0 aromatic heterocycles. The van der Waals surface area contributed by atoms with Crippen molar-refractivity contribution < 1.29 is 14.6 Å². The molecule has 0 aliphatic rings. The number of esters is 1. The SMILES string of the molecule is C=C(C)C(=O)OC(O)(CC)Nc1ccc(Nc2ccccc2)cc1. The maximum Gasteiger partial charge on any atom is 0.336 e. The summed E-state index contributed by atoms with van der Waals surface area (Å²) in [5, 5.41) is 16.5. The van der Waals surface area contributed by atoms with Gasteiger partial charge in [-0.1, -0.05) is 31.7 Å². The average Bonchev–Trinajstić information content (AvgIpc) is 2.57. The molecule has 5 heteroatoms. The Hall–Kier alpha value is -2.79. The second-order valence-electron chi connectivity index (χ2n) is 5.50. The van der Waals surface area contributed by atoms with Crippen LogP contribution < -0.4 is 10.6 Å². The molecule has 1 atom stereocenters. The predicted octanol–water partition coefficient (Wildman–Crippen LogP) is 4.02. The van der Waals surface area contributed by atoms with Crippen molar-refractivity contribution in [1.82, 2.24) is 0 Å². The van der Waals surface area contributed by atoms with Crippen LogP contribution in [0.4, 0.5) is 17.1 Å². The Balaban J connectivity index is 2.04. The molecule has 5 nitrogen and oxygen atoms in total. The number of para-hydroxylation sites is 1. The van der Waals surface area contributed by atoms with Gasteiger partial charge in [-0.25, -0.2) is 4.79 Å². The number of rotatable bonds is 7. The van der Waals surface area contributed by atoms with E-state index in [1.165, 1.54) is 6.92 Å². The van der Waals surface area contributed by atoms with Gasteiger partial charge in [-0.2, -0.15) is 0 Å². The van der Waals surface area contributed by atoms with E-state index in [9.17, 15) is 9.90 Å². The first kappa shape index (κ1) is 17.6. The molecular weight excluding hydrogens is 304 g/mol. The van der Waals surface area contributed by atoms with Gasteiger partial charge in [-0.05, 0) is 43.3 Å². The van der Waals surface area contributed by atoms with E-state index in [1.54, 1.807) is 19.1 Å². The second kappa shape index (κ2) is 7.66. The molecule has 0 spiro atoms. The zero-order valence-electron chi connectivity index (χ0n) is 13.9. The van der Waals surface area contributed by atoms with E-state index in [2.05, 4.69) is 17.2 Å². The van der Waals surface area contributed by atoms with Crippen molar-refractivity contribution in [2.45, 2.75) is 26.2 Å². The number of ether oxygens (including phenoxy) is 1. The molecule has 0 heterocycles. The van der Waals surface area contributed by atoms with Crippen LogP contribution in [0.3, 0.4) is 0 Å². The normalized spacial score (nSPS) is 12.8. The summed E-state index contributed by atoms with van der Waals surface area (Å²) < 4.78 is 5.07. The molecule has 0 saturated heterocycles. The second-order valence-corrected chi connectivity index (χ2v) is 5.50. The molecule has 126 valence electrons. The van der Waals surface area contributed by atoms with Crippen molar-refractivity contribution in [2.75, 3.05) is 10.6 Å². The van der Waals surface area contributed by atoms with E-state index < -0.39 is 11.9 Å². The van der Waals surface area contributed by atoms with Gasteiger partial charge < -0.3 is 20.5 Å². The third-order valence-corrected chi connectivity index (χ3v) is 3.38. The molecule has 0 saturated carbocycles. The van der Waals surface area contributed by atoms with Gasteiger partial charge in [0, 0.05) is 29.1 Å². The van der Waals surface area contributed by atoms with E-state index >= 15 is 0 Å². The van der Waals surface area contributed by atoms with Crippen molar-refractivity contribution in [1.29, 1.82) is 0 Å². The molecule has 24 heavy (non-hydrogen) atoms. The lowest BCUT2D eigenvalue weighted by Crippen LogP contribution is -2.42. The van der Waals surface area contributed by atoms with Crippen molar-refractivity contribution in [3.63, 3.8) is 0 Å². The first-order valence-corrected chi connectivity index (χ1v) is 7.73. The number of carbonyl (C=O) groups excluding carboxylic acids is 1. The minimum Gasteiger partial charge on any atom is -0.411 e. The van der Waals surface area contributed by atoms with Gasteiger partial charge in [-0.3, -0.25) is 0 Å². The van der Waals surface area contributed by atoms with Crippen molar-refractivity contribution >= 4 is 23.0 Å². The molecule has 0 aliphatic carbocycles. The Bertz CT molecular complexity index is 698. The summed E-state index contributed by atoms with van der Waals surface area (Å²) in [4.78, 5) is 11.6. The number of hydrogen-bond acceptors (Lipinski definition) is 5. The van der Waals surface area contributed by atoms with Crippen LogP contribution in [0.15, 0.2) is 66.7 Å². The fraction of sp³-hybridized carbons (Fsp3) is 0.211.